The monoisotopic (exact) mass is 227 g/mol. The molecule has 1 aliphatic rings. The molecule has 0 aliphatic heterocycles. The molecule has 16 heavy (non-hydrogen) atoms. The highest BCUT2D eigenvalue weighted by molar-refractivity contribution is 5.70. The van der Waals surface area contributed by atoms with Crippen LogP contribution in [0.15, 0.2) is 0 Å². The van der Waals surface area contributed by atoms with E-state index in [4.69, 9.17) is 4.74 Å². The van der Waals surface area contributed by atoms with Gasteiger partial charge < -0.3 is 14.8 Å². The van der Waals surface area contributed by atoms with Gasteiger partial charge in [0.2, 0.25) is 0 Å². The molecule has 2 atom stereocenters. The van der Waals surface area contributed by atoms with E-state index in [1.54, 1.807) is 0 Å². The fourth-order valence-corrected chi connectivity index (χ4v) is 2.10. The van der Waals surface area contributed by atoms with Gasteiger partial charge in [0.25, 0.3) is 0 Å². The van der Waals surface area contributed by atoms with Gasteiger partial charge in [0, 0.05) is 11.5 Å². The van der Waals surface area contributed by atoms with Crippen LogP contribution in [0.3, 0.4) is 0 Å². The zero-order valence-corrected chi connectivity index (χ0v) is 10.5. The average Bonchev–Trinajstić information content (AvgIpc) is 2.42. The van der Waals surface area contributed by atoms with Crippen molar-refractivity contribution in [2.24, 2.45) is 5.92 Å². The Labute approximate surface area is 96.7 Å². The summed E-state index contributed by atoms with van der Waals surface area (Å²) < 4.78 is 5.19. The first-order chi connectivity index (χ1) is 7.27. The Balaban J connectivity index is 2.59. The summed E-state index contributed by atoms with van der Waals surface area (Å²) in [4.78, 5) is 22.5. The van der Waals surface area contributed by atoms with Gasteiger partial charge in [0.15, 0.2) is 0 Å². The molecule has 0 heterocycles. The Hall–Kier alpha value is -1.06. The number of carbonyl (C=O) groups is 2. The molecule has 0 aromatic heterocycles. The number of amides is 1. The van der Waals surface area contributed by atoms with Crippen LogP contribution in [0.1, 0.15) is 47.0 Å². The molecule has 0 aromatic rings. The first-order valence-corrected chi connectivity index (χ1v) is 5.73. The van der Waals surface area contributed by atoms with E-state index < -0.39 is 17.2 Å². The molecular weight excluding hydrogens is 206 g/mol. The van der Waals surface area contributed by atoms with E-state index in [2.05, 4.69) is 5.32 Å². The van der Waals surface area contributed by atoms with E-state index in [1.807, 2.05) is 27.7 Å². The van der Waals surface area contributed by atoms with Gasteiger partial charge in [-0.1, -0.05) is 6.42 Å². The first kappa shape index (κ1) is 13.0. The second kappa shape index (κ2) is 4.44. The van der Waals surface area contributed by atoms with Gasteiger partial charge in [-0.15, -0.1) is 0 Å². The number of rotatable bonds is 2. The number of alkyl carbamates (subject to hydrolysis) is 1. The average molecular weight is 227 g/mol. The van der Waals surface area contributed by atoms with Crippen LogP contribution in [-0.4, -0.2) is 23.5 Å². The number of hydrogen-bond donors (Lipinski definition) is 1. The molecule has 4 heteroatoms. The molecule has 1 saturated carbocycles. The van der Waals surface area contributed by atoms with Gasteiger partial charge in [-0.25, -0.2) is 4.79 Å². The normalized spacial score (nSPS) is 29.9. The minimum absolute atomic E-state index is 0.0972. The van der Waals surface area contributed by atoms with Gasteiger partial charge in [0.05, 0.1) is 0 Å². The van der Waals surface area contributed by atoms with Crippen molar-refractivity contribution in [3.63, 3.8) is 0 Å². The SMILES string of the molecule is CC(C)(C)OC(=O)N[C@@]1(C)CCC[C@H]1C=O. The fourth-order valence-electron chi connectivity index (χ4n) is 2.10. The van der Waals surface area contributed by atoms with Crippen LogP contribution in [0.4, 0.5) is 4.79 Å². The third-order valence-corrected chi connectivity index (χ3v) is 2.98. The molecule has 1 rings (SSSR count). The van der Waals surface area contributed by atoms with Crippen LogP contribution in [0, 0.1) is 5.92 Å². The molecule has 0 aromatic carbocycles. The highest BCUT2D eigenvalue weighted by Crippen LogP contribution is 2.34. The third kappa shape index (κ3) is 3.22. The Kier molecular flexibility index (Phi) is 3.61. The molecule has 0 bridgehead atoms. The summed E-state index contributed by atoms with van der Waals surface area (Å²) in [5.74, 6) is -0.0972. The Morgan fingerprint density at radius 3 is 2.62 bits per heavy atom. The van der Waals surface area contributed by atoms with Crippen molar-refractivity contribution in [3.05, 3.63) is 0 Å². The van der Waals surface area contributed by atoms with Crippen LogP contribution >= 0.6 is 0 Å². The van der Waals surface area contributed by atoms with Crippen LogP contribution in [0.25, 0.3) is 0 Å². The van der Waals surface area contributed by atoms with Crippen molar-refractivity contribution in [2.45, 2.75) is 58.1 Å². The zero-order valence-electron chi connectivity index (χ0n) is 10.5. The lowest BCUT2D eigenvalue weighted by molar-refractivity contribution is -0.112. The largest absolute Gasteiger partial charge is 0.444 e. The maximum absolute atomic E-state index is 11.6. The van der Waals surface area contributed by atoms with Crippen molar-refractivity contribution in [3.8, 4) is 0 Å². The molecule has 0 spiro atoms. The molecule has 1 N–H and O–H groups in total. The lowest BCUT2D eigenvalue weighted by Gasteiger charge is -2.31. The van der Waals surface area contributed by atoms with Crippen molar-refractivity contribution in [2.75, 3.05) is 0 Å². The summed E-state index contributed by atoms with van der Waals surface area (Å²) in [6, 6.07) is 0. The first-order valence-electron chi connectivity index (χ1n) is 5.73. The summed E-state index contributed by atoms with van der Waals surface area (Å²) in [6.07, 6.45) is 3.13. The second-order valence-electron chi connectivity index (χ2n) is 5.68. The van der Waals surface area contributed by atoms with E-state index in [0.29, 0.717) is 0 Å². The Bertz CT molecular complexity index is 282. The van der Waals surface area contributed by atoms with E-state index in [9.17, 15) is 9.59 Å². The molecule has 1 amide bonds. The number of ether oxygens (including phenoxy) is 1. The Morgan fingerprint density at radius 2 is 2.12 bits per heavy atom. The van der Waals surface area contributed by atoms with Gasteiger partial charge in [-0.2, -0.15) is 0 Å². The molecule has 0 radical (unpaired) electrons. The lowest BCUT2D eigenvalue weighted by atomic mass is 9.90. The van der Waals surface area contributed by atoms with E-state index >= 15 is 0 Å². The van der Waals surface area contributed by atoms with Crippen LogP contribution < -0.4 is 5.32 Å². The van der Waals surface area contributed by atoms with Crippen molar-refractivity contribution in [1.82, 2.24) is 5.32 Å². The summed E-state index contributed by atoms with van der Waals surface area (Å²) in [7, 11) is 0. The summed E-state index contributed by atoms with van der Waals surface area (Å²) in [6.45, 7) is 7.37. The van der Waals surface area contributed by atoms with Crippen molar-refractivity contribution >= 4 is 12.4 Å². The van der Waals surface area contributed by atoms with E-state index in [0.717, 1.165) is 25.5 Å². The van der Waals surface area contributed by atoms with Gasteiger partial charge >= 0.3 is 6.09 Å². The summed E-state index contributed by atoms with van der Waals surface area (Å²) >= 11 is 0. The van der Waals surface area contributed by atoms with Gasteiger partial charge in [-0.05, 0) is 40.5 Å². The second-order valence-corrected chi connectivity index (χ2v) is 5.68. The fraction of sp³-hybridized carbons (Fsp3) is 0.833. The zero-order chi connectivity index (χ0) is 12.4. The standard InChI is InChI=1S/C12H21NO3/c1-11(2,3)16-10(15)13-12(4)7-5-6-9(12)8-14/h8-9H,5-7H2,1-4H3,(H,13,15)/t9-,12-/m0/s1. The smallest absolute Gasteiger partial charge is 0.408 e. The molecule has 1 aliphatic carbocycles. The minimum atomic E-state index is -0.504. The van der Waals surface area contributed by atoms with Gasteiger partial charge in [0.1, 0.15) is 11.9 Å². The topological polar surface area (TPSA) is 55.4 Å². The third-order valence-electron chi connectivity index (χ3n) is 2.98. The quantitative estimate of drug-likeness (QED) is 0.736. The van der Waals surface area contributed by atoms with Crippen molar-refractivity contribution < 1.29 is 14.3 Å². The number of nitrogens with one attached hydrogen (secondary N) is 1. The highest BCUT2D eigenvalue weighted by Gasteiger charge is 2.40. The number of carbonyl (C=O) groups excluding carboxylic acids is 2. The maximum Gasteiger partial charge on any atom is 0.408 e. The van der Waals surface area contributed by atoms with E-state index in [1.165, 1.54) is 0 Å². The molecular formula is C12H21NO3. The Morgan fingerprint density at radius 1 is 1.50 bits per heavy atom. The maximum atomic E-state index is 11.6. The van der Waals surface area contributed by atoms with Crippen LogP contribution in [0.5, 0.6) is 0 Å². The number of aldehydes is 1. The predicted octanol–water partition coefficient (Wildman–Crippen LogP) is 2.27. The molecule has 0 unspecified atom stereocenters. The minimum Gasteiger partial charge on any atom is -0.444 e. The van der Waals surface area contributed by atoms with Crippen molar-refractivity contribution in [1.29, 1.82) is 0 Å². The van der Waals surface area contributed by atoms with Crippen LogP contribution in [-0.2, 0) is 9.53 Å². The summed E-state index contributed by atoms with van der Waals surface area (Å²) in [5.41, 5.74) is -0.945. The lowest BCUT2D eigenvalue weighted by Crippen LogP contribution is -2.50. The predicted molar refractivity (Wildman–Crippen MR) is 61.2 cm³/mol. The molecule has 1 fully saturated rings. The van der Waals surface area contributed by atoms with Crippen LogP contribution in [0.2, 0.25) is 0 Å². The highest BCUT2D eigenvalue weighted by atomic mass is 16.6. The molecule has 92 valence electrons. The summed E-state index contributed by atoms with van der Waals surface area (Å²) in [5, 5.41) is 2.82. The van der Waals surface area contributed by atoms with Gasteiger partial charge in [-0.3, -0.25) is 0 Å². The van der Waals surface area contributed by atoms with E-state index in [-0.39, 0.29) is 5.92 Å². The number of hydrogen-bond acceptors (Lipinski definition) is 3. The molecule has 4 nitrogen and oxygen atoms in total. The molecule has 0 saturated heterocycles.